The number of para-hydroxylation sites is 2. The van der Waals surface area contributed by atoms with Gasteiger partial charge in [-0.25, -0.2) is 14.0 Å². The largest absolute Gasteiger partial charge is 0.548 e. The van der Waals surface area contributed by atoms with Gasteiger partial charge in [0.2, 0.25) is 0 Å². The summed E-state index contributed by atoms with van der Waals surface area (Å²) in [5, 5.41) is -0.183. The zero-order chi connectivity index (χ0) is 23.3. The molecule has 0 aliphatic carbocycles. The fourth-order valence-electron chi connectivity index (χ4n) is 3.40. The predicted molar refractivity (Wildman–Crippen MR) is 127 cm³/mol. The van der Waals surface area contributed by atoms with Crippen LogP contribution in [0.15, 0.2) is 91.0 Å². The van der Waals surface area contributed by atoms with Crippen LogP contribution in [0.5, 0.6) is 11.5 Å². The van der Waals surface area contributed by atoms with E-state index in [0.29, 0.717) is 5.56 Å². The van der Waals surface area contributed by atoms with Gasteiger partial charge in [-0.15, -0.1) is 0 Å². The van der Waals surface area contributed by atoms with Gasteiger partial charge in [0.25, 0.3) is 5.17 Å². The summed E-state index contributed by atoms with van der Waals surface area (Å²) in [5.41, 5.74) is 0.673. The third-order valence-corrected chi connectivity index (χ3v) is 7.08. The molecule has 1 aliphatic heterocycles. The Morgan fingerprint density at radius 2 is 1.39 bits per heavy atom. The quantitative estimate of drug-likeness (QED) is 0.235. The van der Waals surface area contributed by atoms with Gasteiger partial charge in [-0.05, 0) is 49.0 Å². The number of esters is 1. The van der Waals surface area contributed by atoms with Gasteiger partial charge in [0.05, 0.1) is 6.61 Å². The molecule has 0 amide bonds. The van der Waals surface area contributed by atoms with E-state index in [1.54, 1.807) is 79.7 Å². The van der Waals surface area contributed by atoms with E-state index in [0.717, 1.165) is 4.67 Å². The van der Waals surface area contributed by atoms with Gasteiger partial charge in [-0.3, -0.25) is 0 Å². The van der Waals surface area contributed by atoms with Crippen molar-refractivity contribution in [2.45, 2.75) is 19.1 Å². The minimum absolute atomic E-state index is 0.126. The fraction of sp³-hybridized carbons (Fsp3) is 0.167. The minimum atomic E-state index is -4.29. The molecule has 1 aliphatic rings. The summed E-state index contributed by atoms with van der Waals surface area (Å²) in [6, 6.07) is 24.9. The molecule has 170 valence electrons. The van der Waals surface area contributed by atoms with E-state index in [4.69, 9.17) is 30.7 Å². The molecule has 33 heavy (non-hydrogen) atoms. The lowest BCUT2D eigenvalue weighted by Crippen LogP contribution is -2.41. The maximum Gasteiger partial charge on any atom is 0.548 e. The summed E-state index contributed by atoms with van der Waals surface area (Å²) < 4.78 is 38.4. The monoisotopic (exact) mass is 483 g/mol. The predicted octanol–water partition coefficient (Wildman–Crippen LogP) is 5.54. The molecule has 3 aromatic carbocycles. The SMILES string of the molecule is CCOC(=O)C1C(c2ccccc2)OC(=S)N1P(=O)(Oc1ccccc1)Oc1ccccc1. The molecule has 0 bridgehead atoms. The summed E-state index contributed by atoms with van der Waals surface area (Å²) in [6.07, 6.45) is -0.857. The van der Waals surface area contributed by atoms with E-state index in [-0.39, 0.29) is 23.3 Å². The number of rotatable bonds is 8. The Balaban J connectivity index is 1.79. The summed E-state index contributed by atoms with van der Waals surface area (Å²) in [6.45, 7) is 1.81. The first kappa shape index (κ1) is 22.8. The highest BCUT2D eigenvalue weighted by Gasteiger charge is 2.57. The van der Waals surface area contributed by atoms with Crippen LogP contribution in [0.2, 0.25) is 0 Å². The average Bonchev–Trinajstić information content (AvgIpc) is 3.19. The molecule has 0 aromatic heterocycles. The van der Waals surface area contributed by atoms with Crippen LogP contribution in [0.1, 0.15) is 18.6 Å². The van der Waals surface area contributed by atoms with Gasteiger partial charge < -0.3 is 18.5 Å². The van der Waals surface area contributed by atoms with Crippen LogP contribution >= 0.6 is 20.0 Å². The van der Waals surface area contributed by atoms with Crippen molar-refractivity contribution < 1.29 is 27.9 Å². The third-order valence-electron chi connectivity index (χ3n) is 4.81. The molecule has 3 aromatic rings. The molecular formula is C24H22NO6PS. The van der Waals surface area contributed by atoms with Crippen LogP contribution in [0.3, 0.4) is 0 Å². The number of benzene rings is 3. The normalized spacial score (nSPS) is 17.8. The first-order valence-electron chi connectivity index (χ1n) is 10.3. The van der Waals surface area contributed by atoms with E-state index in [9.17, 15) is 9.36 Å². The van der Waals surface area contributed by atoms with Crippen LogP contribution in [-0.4, -0.2) is 28.5 Å². The van der Waals surface area contributed by atoms with Gasteiger partial charge in [-0.1, -0.05) is 66.7 Å². The molecule has 4 rings (SSSR count). The molecule has 0 spiro atoms. The van der Waals surface area contributed by atoms with E-state index < -0.39 is 25.9 Å². The van der Waals surface area contributed by atoms with Crippen LogP contribution in [-0.2, 0) is 18.8 Å². The lowest BCUT2D eigenvalue weighted by Gasteiger charge is -2.30. The molecular weight excluding hydrogens is 461 g/mol. The summed E-state index contributed by atoms with van der Waals surface area (Å²) in [7, 11) is -4.29. The highest BCUT2D eigenvalue weighted by atomic mass is 32.1. The Morgan fingerprint density at radius 3 is 1.88 bits per heavy atom. The number of ether oxygens (including phenoxy) is 2. The molecule has 1 fully saturated rings. The number of thiocarbonyl (C=S) groups is 1. The number of carbonyl (C=O) groups excluding carboxylic acids is 1. The Hall–Kier alpha value is -3.35. The van der Waals surface area contributed by atoms with Crippen LogP contribution in [0, 0.1) is 0 Å². The van der Waals surface area contributed by atoms with E-state index in [1.165, 1.54) is 0 Å². The standard InChI is InChI=1S/C24H22NO6PS/c1-2-28-23(26)21-22(18-12-6-3-7-13-18)29-24(33)25(21)32(27,30-19-14-8-4-9-15-19)31-20-16-10-5-11-17-20/h3-17,21-22H,2H2,1H3. The molecule has 2 unspecified atom stereocenters. The van der Waals surface area contributed by atoms with E-state index in [2.05, 4.69) is 0 Å². The van der Waals surface area contributed by atoms with Crippen molar-refractivity contribution >= 4 is 31.1 Å². The van der Waals surface area contributed by atoms with E-state index in [1.807, 2.05) is 18.2 Å². The zero-order valence-electron chi connectivity index (χ0n) is 17.8. The first-order valence-corrected chi connectivity index (χ1v) is 12.2. The van der Waals surface area contributed by atoms with Gasteiger partial charge >= 0.3 is 13.7 Å². The maximum absolute atomic E-state index is 14.4. The Morgan fingerprint density at radius 1 is 0.909 bits per heavy atom. The topological polar surface area (TPSA) is 74.3 Å². The average molecular weight is 483 g/mol. The summed E-state index contributed by atoms with van der Waals surface area (Å²) >= 11 is 5.44. The Bertz CT molecular complexity index is 1100. The van der Waals surface area contributed by atoms with Crippen molar-refractivity contribution in [3.05, 3.63) is 96.6 Å². The van der Waals surface area contributed by atoms with Crippen molar-refractivity contribution in [2.75, 3.05) is 6.61 Å². The number of hydrogen-bond acceptors (Lipinski definition) is 7. The highest BCUT2D eigenvalue weighted by Crippen LogP contribution is 2.57. The number of carbonyl (C=O) groups is 1. The highest BCUT2D eigenvalue weighted by molar-refractivity contribution is 7.80. The van der Waals surface area contributed by atoms with Crippen LogP contribution in [0.4, 0.5) is 0 Å². The van der Waals surface area contributed by atoms with Crippen molar-refractivity contribution in [3.63, 3.8) is 0 Å². The van der Waals surface area contributed by atoms with E-state index >= 15 is 0 Å². The molecule has 7 nitrogen and oxygen atoms in total. The lowest BCUT2D eigenvalue weighted by atomic mass is 10.0. The second kappa shape index (κ2) is 10.1. The molecule has 0 saturated carbocycles. The van der Waals surface area contributed by atoms with Gasteiger partial charge in [0, 0.05) is 0 Å². The van der Waals surface area contributed by atoms with Gasteiger partial charge in [0.15, 0.2) is 12.1 Å². The minimum Gasteiger partial charge on any atom is -0.464 e. The lowest BCUT2D eigenvalue weighted by molar-refractivity contribution is -0.148. The molecule has 1 saturated heterocycles. The van der Waals surface area contributed by atoms with Crippen molar-refractivity contribution in [2.24, 2.45) is 0 Å². The van der Waals surface area contributed by atoms with Gasteiger partial charge in [-0.2, -0.15) is 0 Å². The van der Waals surface area contributed by atoms with Crippen LogP contribution < -0.4 is 9.05 Å². The second-order valence-corrected chi connectivity index (χ2v) is 9.12. The molecule has 0 N–H and O–H groups in total. The van der Waals surface area contributed by atoms with Gasteiger partial charge in [0.1, 0.15) is 11.5 Å². The number of hydrogen-bond donors (Lipinski definition) is 0. The molecule has 1 heterocycles. The fourth-order valence-corrected chi connectivity index (χ4v) is 5.68. The molecule has 9 heteroatoms. The van der Waals surface area contributed by atoms with Crippen molar-refractivity contribution in [3.8, 4) is 11.5 Å². The number of nitrogens with zero attached hydrogens (tertiary/aromatic N) is 1. The molecule has 0 radical (unpaired) electrons. The zero-order valence-corrected chi connectivity index (χ0v) is 19.5. The first-order chi connectivity index (χ1) is 16.0. The molecule has 2 atom stereocenters. The smallest absolute Gasteiger partial charge is 0.464 e. The van der Waals surface area contributed by atoms with Crippen molar-refractivity contribution in [1.29, 1.82) is 0 Å². The van der Waals surface area contributed by atoms with Crippen molar-refractivity contribution in [1.82, 2.24) is 4.67 Å². The summed E-state index contributed by atoms with van der Waals surface area (Å²) in [4.78, 5) is 13.1. The third kappa shape index (κ3) is 5.02. The summed E-state index contributed by atoms with van der Waals surface area (Å²) in [5.74, 6) is -0.0876. The van der Waals surface area contributed by atoms with Crippen LogP contribution in [0.25, 0.3) is 0 Å². The maximum atomic E-state index is 14.4. The Kier molecular flexibility index (Phi) is 6.96. The Labute approximate surface area is 197 Å². The second-order valence-electron chi connectivity index (χ2n) is 7.03.